The SMILES string of the molecule is CC(C)(C)N(CCOc1ccc(-c2ccccc2)c(C(=O)N(OC2CCCCCC2)S(C)(=O)=O)c1)C(=O)OC[C@H](O)c1ccccc1. The zero-order chi connectivity index (χ0) is 34.0. The number of ether oxygens (including phenoxy) is 2. The Labute approximate surface area is 278 Å². The largest absolute Gasteiger partial charge is 0.492 e. The highest BCUT2D eigenvalue weighted by Gasteiger charge is 2.32. The van der Waals surface area contributed by atoms with Crippen molar-refractivity contribution in [2.24, 2.45) is 0 Å². The first-order chi connectivity index (χ1) is 22.3. The third-order valence-corrected chi connectivity index (χ3v) is 8.84. The van der Waals surface area contributed by atoms with Gasteiger partial charge in [0.15, 0.2) is 0 Å². The zero-order valence-corrected chi connectivity index (χ0v) is 28.4. The summed E-state index contributed by atoms with van der Waals surface area (Å²) < 4.78 is 37.8. The van der Waals surface area contributed by atoms with Crippen molar-refractivity contribution in [2.45, 2.75) is 77.0 Å². The molecule has 3 aromatic carbocycles. The average molecular weight is 667 g/mol. The van der Waals surface area contributed by atoms with E-state index in [4.69, 9.17) is 14.3 Å². The molecule has 4 rings (SSSR count). The molecule has 1 saturated carbocycles. The fraction of sp³-hybridized carbons (Fsp3) is 0.444. The van der Waals surface area contributed by atoms with Gasteiger partial charge in [-0.25, -0.2) is 13.2 Å². The molecule has 0 saturated heterocycles. The molecule has 0 spiro atoms. The summed E-state index contributed by atoms with van der Waals surface area (Å²) in [6, 6.07) is 23.1. The maximum Gasteiger partial charge on any atom is 0.410 e. The lowest BCUT2D eigenvalue weighted by Gasteiger charge is -2.34. The molecular weight excluding hydrogens is 620 g/mol. The van der Waals surface area contributed by atoms with Crippen LogP contribution in [0.15, 0.2) is 78.9 Å². The number of carbonyl (C=O) groups is 2. The van der Waals surface area contributed by atoms with E-state index in [2.05, 4.69) is 0 Å². The third kappa shape index (κ3) is 10.3. The summed E-state index contributed by atoms with van der Waals surface area (Å²) in [7, 11) is -4.07. The number of carbonyl (C=O) groups excluding carboxylic acids is 2. The van der Waals surface area contributed by atoms with Crippen molar-refractivity contribution < 1.29 is 37.4 Å². The van der Waals surface area contributed by atoms with Crippen LogP contribution in [0.25, 0.3) is 11.1 Å². The number of rotatable bonds is 12. The standard InChI is InChI=1S/C36H46N2O8S/c1-36(2,3)37(35(41)45-26-33(39)28-17-11-8-12-18-28)23-24-44-30-21-22-31(27-15-9-7-10-16-27)32(25-30)34(40)38(47(4,42)43)46-29-19-13-5-6-14-20-29/h7-12,15-18,21-22,25,29,33,39H,5-6,13-14,19-20,23-24,26H2,1-4H3/t33-/m0/s1. The van der Waals surface area contributed by atoms with Crippen molar-refractivity contribution >= 4 is 22.0 Å². The minimum Gasteiger partial charge on any atom is -0.492 e. The molecule has 3 aromatic rings. The van der Waals surface area contributed by atoms with Gasteiger partial charge in [0, 0.05) is 5.54 Å². The Morgan fingerprint density at radius 1 is 0.915 bits per heavy atom. The number of hydrogen-bond acceptors (Lipinski definition) is 8. The number of nitrogens with zero attached hydrogens (tertiary/aromatic N) is 2. The van der Waals surface area contributed by atoms with E-state index in [1.54, 1.807) is 36.4 Å². The molecule has 47 heavy (non-hydrogen) atoms. The summed E-state index contributed by atoms with van der Waals surface area (Å²) >= 11 is 0. The lowest BCUT2D eigenvalue weighted by atomic mass is 9.99. The minimum absolute atomic E-state index is 0.0558. The van der Waals surface area contributed by atoms with Gasteiger partial charge in [-0.3, -0.25) is 14.5 Å². The van der Waals surface area contributed by atoms with Crippen LogP contribution in [0.5, 0.6) is 5.75 Å². The molecule has 1 atom stereocenters. The van der Waals surface area contributed by atoms with Crippen LogP contribution in [0.2, 0.25) is 0 Å². The highest BCUT2D eigenvalue weighted by molar-refractivity contribution is 7.88. The lowest BCUT2D eigenvalue weighted by Crippen LogP contribution is -2.48. The summed E-state index contributed by atoms with van der Waals surface area (Å²) in [6.07, 6.45) is 4.26. The monoisotopic (exact) mass is 666 g/mol. The second-order valence-electron chi connectivity index (χ2n) is 12.8. The molecule has 11 heteroatoms. The van der Waals surface area contributed by atoms with Gasteiger partial charge in [-0.2, -0.15) is 0 Å². The number of benzene rings is 3. The van der Waals surface area contributed by atoms with Crippen molar-refractivity contribution in [1.82, 2.24) is 9.37 Å². The van der Waals surface area contributed by atoms with E-state index >= 15 is 0 Å². The van der Waals surface area contributed by atoms with Gasteiger partial charge in [0.05, 0.1) is 24.5 Å². The summed E-state index contributed by atoms with van der Waals surface area (Å²) in [4.78, 5) is 34.5. The topological polar surface area (TPSA) is 123 Å². The van der Waals surface area contributed by atoms with Gasteiger partial charge in [-0.15, -0.1) is 4.47 Å². The molecule has 0 aromatic heterocycles. The minimum atomic E-state index is -4.07. The van der Waals surface area contributed by atoms with Gasteiger partial charge in [-0.05, 0) is 68.5 Å². The first kappa shape index (κ1) is 35.9. The van der Waals surface area contributed by atoms with Crippen molar-refractivity contribution in [2.75, 3.05) is 26.0 Å². The van der Waals surface area contributed by atoms with Crippen LogP contribution in [0.4, 0.5) is 4.79 Å². The zero-order valence-electron chi connectivity index (χ0n) is 27.6. The van der Waals surface area contributed by atoms with Gasteiger partial charge in [0.25, 0.3) is 15.9 Å². The number of amides is 2. The highest BCUT2D eigenvalue weighted by Crippen LogP contribution is 2.31. The number of aliphatic hydroxyl groups is 1. The Morgan fingerprint density at radius 2 is 1.53 bits per heavy atom. The van der Waals surface area contributed by atoms with Crippen molar-refractivity contribution in [3.05, 3.63) is 90.0 Å². The fourth-order valence-corrected chi connectivity index (χ4v) is 6.15. The molecular formula is C36H46N2O8S. The number of sulfonamides is 1. The summed E-state index contributed by atoms with van der Waals surface area (Å²) in [5.74, 6) is -0.490. The van der Waals surface area contributed by atoms with Crippen LogP contribution >= 0.6 is 0 Å². The number of hydrogen-bond donors (Lipinski definition) is 1. The predicted molar refractivity (Wildman–Crippen MR) is 180 cm³/mol. The summed E-state index contributed by atoms with van der Waals surface area (Å²) in [6.45, 7) is 5.58. The Hall–Kier alpha value is -3.93. The molecule has 2 amide bonds. The van der Waals surface area contributed by atoms with Crippen LogP contribution in [0.3, 0.4) is 0 Å². The third-order valence-electron chi connectivity index (χ3n) is 7.98. The molecule has 0 unspecified atom stereocenters. The maximum absolute atomic E-state index is 14.0. The van der Waals surface area contributed by atoms with Gasteiger partial charge >= 0.3 is 6.09 Å². The van der Waals surface area contributed by atoms with Crippen molar-refractivity contribution in [3.8, 4) is 16.9 Å². The second-order valence-corrected chi connectivity index (χ2v) is 14.6. The highest BCUT2D eigenvalue weighted by atomic mass is 32.2. The van der Waals surface area contributed by atoms with E-state index in [9.17, 15) is 23.1 Å². The number of hydroxylamine groups is 1. The molecule has 1 fully saturated rings. The number of aliphatic hydroxyl groups excluding tert-OH is 1. The van der Waals surface area contributed by atoms with Gasteiger partial charge < -0.3 is 14.6 Å². The first-order valence-electron chi connectivity index (χ1n) is 16.1. The molecule has 0 aliphatic heterocycles. The van der Waals surface area contributed by atoms with Crippen LogP contribution in [0.1, 0.15) is 81.3 Å². The lowest BCUT2D eigenvalue weighted by molar-refractivity contribution is -0.109. The first-order valence-corrected chi connectivity index (χ1v) is 17.9. The van der Waals surface area contributed by atoms with Crippen LogP contribution < -0.4 is 4.74 Å². The van der Waals surface area contributed by atoms with Gasteiger partial charge in [-0.1, -0.05) is 86.3 Å². The Balaban J connectivity index is 1.52. The molecule has 10 nitrogen and oxygen atoms in total. The van der Waals surface area contributed by atoms with E-state index in [0.717, 1.165) is 37.5 Å². The van der Waals surface area contributed by atoms with Gasteiger partial charge in [0.2, 0.25) is 0 Å². The maximum atomic E-state index is 14.0. The Morgan fingerprint density at radius 3 is 2.13 bits per heavy atom. The molecule has 0 bridgehead atoms. The molecule has 1 aliphatic rings. The molecule has 1 aliphatic carbocycles. The average Bonchev–Trinajstić information content (AvgIpc) is 3.32. The smallest absolute Gasteiger partial charge is 0.410 e. The predicted octanol–water partition coefficient (Wildman–Crippen LogP) is 6.76. The van der Waals surface area contributed by atoms with Crippen molar-refractivity contribution in [1.29, 1.82) is 0 Å². The fourth-order valence-electron chi connectivity index (χ4n) is 5.47. The van der Waals surface area contributed by atoms with Crippen LogP contribution in [0, 0.1) is 0 Å². The van der Waals surface area contributed by atoms with Gasteiger partial charge in [0.1, 0.15) is 25.1 Å². The molecule has 1 N–H and O–H groups in total. The van der Waals surface area contributed by atoms with E-state index in [1.165, 1.54) is 11.0 Å². The Kier molecular flexibility index (Phi) is 12.4. The van der Waals surface area contributed by atoms with E-state index in [-0.39, 0.29) is 31.4 Å². The van der Waals surface area contributed by atoms with E-state index in [0.29, 0.717) is 34.2 Å². The summed E-state index contributed by atoms with van der Waals surface area (Å²) in [5, 5.41) is 10.4. The quantitative estimate of drug-likeness (QED) is 0.166. The Bertz CT molecular complexity index is 1570. The van der Waals surface area contributed by atoms with E-state index < -0.39 is 33.7 Å². The summed E-state index contributed by atoms with van der Waals surface area (Å²) in [5.41, 5.74) is 1.38. The molecule has 0 heterocycles. The van der Waals surface area contributed by atoms with E-state index in [1.807, 2.05) is 57.2 Å². The van der Waals surface area contributed by atoms with Crippen LogP contribution in [-0.2, 0) is 19.6 Å². The van der Waals surface area contributed by atoms with Crippen molar-refractivity contribution in [3.63, 3.8) is 0 Å². The molecule has 0 radical (unpaired) electrons. The second kappa shape index (κ2) is 16.3. The molecule has 254 valence electrons. The van der Waals surface area contributed by atoms with Crippen LogP contribution in [-0.4, -0.2) is 72.6 Å². The normalized spacial score (nSPS) is 14.9.